The fraction of sp³-hybridized carbons (Fsp3) is 0.105. The molecule has 1 amide bonds. The number of aryl methyl sites for hydroxylation is 1. The Labute approximate surface area is 135 Å². The van der Waals surface area contributed by atoms with Crippen molar-refractivity contribution in [3.05, 3.63) is 78.8 Å². The molecule has 1 aromatic carbocycles. The minimum atomic E-state index is -0.00712. The third kappa shape index (κ3) is 4.23. The summed E-state index contributed by atoms with van der Waals surface area (Å²) in [5.74, 6) is -0.00712. The van der Waals surface area contributed by atoms with Crippen LogP contribution < -0.4 is 5.32 Å². The number of hydrogen-bond acceptors (Lipinski definition) is 3. The van der Waals surface area contributed by atoms with Crippen molar-refractivity contribution in [2.24, 2.45) is 0 Å². The Morgan fingerprint density at radius 2 is 1.74 bits per heavy atom. The predicted octanol–water partition coefficient (Wildman–Crippen LogP) is 3.71. The smallest absolute Gasteiger partial charge is 0.224 e. The highest BCUT2D eigenvalue weighted by Crippen LogP contribution is 2.17. The highest BCUT2D eigenvalue weighted by Gasteiger charge is 2.04. The Morgan fingerprint density at radius 1 is 0.957 bits per heavy atom. The first kappa shape index (κ1) is 14.9. The second kappa shape index (κ2) is 7.31. The molecule has 0 atom stereocenters. The number of nitrogens with zero attached hydrogens (tertiary/aromatic N) is 2. The first-order valence-corrected chi connectivity index (χ1v) is 7.51. The molecule has 0 fully saturated rings. The van der Waals surface area contributed by atoms with Crippen LogP contribution in [0.15, 0.2) is 73.2 Å². The zero-order chi connectivity index (χ0) is 15.9. The number of hydrogen-bond donors (Lipinski definition) is 1. The molecule has 2 heterocycles. The van der Waals surface area contributed by atoms with Crippen LogP contribution in [0.25, 0.3) is 11.3 Å². The molecule has 4 heteroatoms. The molecular formula is C19H17N3O. The maximum Gasteiger partial charge on any atom is 0.224 e. The molecule has 0 aliphatic heterocycles. The van der Waals surface area contributed by atoms with E-state index in [4.69, 9.17) is 0 Å². The zero-order valence-corrected chi connectivity index (χ0v) is 12.6. The van der Waals surface area contributed by atoms with Crippen LogP contribution >= 0.6 is 0 Å². The van der Waals surface area contributed by atoms with E-state index in [2.05, 4.69) is 15.3 Å². The fourth-order valence-electron chi connectivity index (χ4n) is 2.29. The maximum atomic E-state index is 12.0. The Morgan fingerprint density at radius 3 is 2.43 bits per heavy atom. The molecule has 0 unspecified atom stereocenters. The van der Waals surface area contributed by atoms with Gasteiger partial charge >= 0.3 is 0 Å². The van der Waals surface area contributed by atoms with E-state index in [9.17, 15) is 4.79 Å². The molecule has 3 aromatic rings. The Kier molecular flexibility index (Phi) is 4.74. The standard InChI is InChI=1S/C19H17N3O/c23-19(9-6-15-4-2-1-3-5-15)22-17-7-8-18(21-14-17)16-10-12-20-13-11-16/h1-5,7-8,10-14H,6,9H2,(H,22,23). The Hall–Kier alpha value is -3.01. The van der Waals surface area contributed by atoms with Crippen LogP contribution in [0.3, 0.4) is 0 Å². The number of benzene rings is 1. The largest absolute Gasteiger partial charge is 0.325 e. The highest BCUT2D eigenvalue weighted by atomic mass is 16.1. The van der Waals surface area contributed by atoms with Gasteiger partial charge in [-0.05, 0) is 36.2 Å². The number of pyridine rings is 2. The quantitative estimate of drug-likeness (QED) is 0.781. The van der Waals surface area contributed by atoms with Crippen molar-refractivity contribution in [1.82, 2.24) is 9.97 Å². The number of rotatable bonds is 5. The van der Waals surface area contributed by atoms with E-state index in [0.29, 0.717) is 12.1 Å². The van der Waals surface area contributed by atoms with Gasteiger partial charge in [-0.25, -0.2) is 0 Å². The molecule has 0 saturated heterocycles. The van der Waals surface area contributed by atoms with Crippen molar-refractivity contribution in [3.63, 3.8) is 0 Å². The average Bonchev–Trinajstić information content (AvgIpc) is 2.62. The lowest BCUT2D eigenvalue weighted by Gasteiger charge is -2.06. The topological polar surface area (TPSA) is 54.9 Å². The molecule has 0 saturated carbocycles. The lowest BCUT2D eigenvalue weighted by atomic mass is 10.1. The summed E-state index contributed by atoms with van der Waals surface area (Å²) in [5.41, 5.74) is 3.73. The minimum absolute atomic E-state index is 0.00712. The summed E-state index contributed by atoms with van der Waals surface area (Å²) in [6.45, 7) is 0. The highest BCUT2D eigenvalue weighted by molar-refractivity contribution is 5.90. The van der Waals surface area contributed by atoms with E-state index >= 15 is 0 Å². The number of carbonyl (C=O) groups is 1. The van der Waals surface area contributed by atoms with Crippen LogP contribution in [0.1, 0.15) is 12.0 Å². The SMILES string of the molecule is O=C(CCc1ccccc1)Nc1ccc(-c2ccncc2)nc1. The van der Waals surface area contributed by atoms with Crippen molar-refractivity contribution in [1.29, 1.82) is 0 Å². The second-order valence-corrected chi connectivity index (χ2v) is 5.20. The van der Waals surface area contributed by atoms with Crippen molar-refractivity contribution >= 4 is 11.6 Å². The molecule has 114 valence electrons. The van der Waals surface area contributed by atoms with Crippen LogP contribution in [0.2, 0.25) is 0 Å². The fourth-order valence-corrected chi connectivity index (χ4v) is 2.29. The Bertz CT molecular complexity index is 756. The van der Waals surface area contributed by atoms with Crippen molar-refractivity contribution in [3.8, 4) is 11.3 Å². The third-order valence-corrected chi connectivity index (χ3v) is 3.51. The van der Waals surface area contributed by atoms with E-state index in [-0.39, 0.29) is 5.91 Å². The van der Waals surface area contributed by atoms with Crippen LogP contribution in [-0.2, 0) is 11.2 Å². The van der Waals surface area contributed by atoms with Gasteiger partial charge in [0.05, 0.1) is 17.6 Å². The number of aromatic nitrogens is 2. The van der Waals surface area contributed by atoms with Crippen molar-refractivity contribution in [2.45, 2.75) is 12.8 Å². The van der Waals surface area contributed by atoms with E-state index in [0.717, 1.165) is 23.2 Å². The molecule has 0 aliphatic rings. The van der Waals surface area contributed by atoms with Crippen LogP contribution in [0.4, 0.5) is 5.69 Å². The average molecular weight is 303 g/mol. The molecule has 4 nitrogen and oxygen atoms in total. The monoisotopic (exact) mass is 303 g/mol. The summed E-state index contributed by atoms with van der Waals surface area (Å²) in [4.78, 5) is 20.4. The van der Waals surface area contributed by atoms with E-state index in [1.54, 1.807) is 18.6 Å². The molecule has 0 spiro atoms. The van der Waals surface area contributed by atoms with Crippen molar-refractivity contribution < 1.29 is 4.79 Å². The van der Waals surface area contributed by atoms with Gasteiger partial charge in [-0.15, -0.1) is 0 Å². The molecular weight excluding hydrogens is 286 g/mol. The summed E-state index contributed by atoms with van der Waals surface area (Å²) >= 11 is 0. The van der Waals surface area contributed by atoms with Gasteiger partial charge in [-0.3, -0.25) is 14.8 Å². The Balaban J connectivity index is 1.57. The van der Waals surface area contributed by atoms with E-state index in [1.165, 1.54) is 0 Å². The van der Waals surface area contributed by atoms with Crippen LogP contribution in [-0.4, -0.2) is 15.9 Å². The summed E-state index contributed by atoms with van der Waals surface area (Å²) in [6, 6.07) is 17.5. The lowest BCUT2D eigenvalue weighted by molar-refractivity contribution is -0.116. The lowest BCUT2D eigenvalue weighted by Crippen LogP contribution is -2.12. The first-order chi connectivity index (χ1) is 11.3. The van der Waals surface area contributed by atoms with Gasteiger partial charge in [-0.1, -0.05) is 30.3 Å². The molecule has 1 N–H and O–H groups in total. The zero-order valence-electron chi connectivity index (χ0n) is 12.6. The second-order valence-electron chi connectivity index (χ2n) is 5.20. The van der Waals surface area contributed by atoms with Crippen LogP contribution in [0.5, 0.6) is 0 Å². The van der Waals surface area contributed by atoms with Gasteiger partial charge in [0.1, 0.15) is 0 Å². The summed E-state index contributed by atoms with van der Waals surface area (Å²) < 4.78 is 0. The van der Waals surface area contributed by atoms with E-state index < -0.39 is 0 Å². The minimum Gasteiger partial charge on any atom is -0.325 e. The van der Waals surface area contributed by atoms with Gasteiger partial charge in [-0.2, -0.15) is 0 Å². The van der Waals surface area contributed by atoms with Gasteiger partial charge in [0.2, 0.25) is 5.91 Å². The number of anilines is 1. The molecule has 2 aromatic heterocycles. The normalized spacial score (nSPS) is 10.3. The van der Waals surface area contributed by atoms with Gasteiger partial charge in [0.25, 0.3) is 0 Å². The summed E-state index contributed by atoms with van der Waals surface area (Å²) in [5, 5.41) is 2.88. The summed E-state index contributed by atoms with van der Waals surface area (Å²) in [6.07, 6.45) is 6.33. The maximum absolute atomic E-state index is 12.0. The van der Waals surface area contributed by atoms with Crippen LogP contribution in [0, 0.1) is 0 Å². The van der Waals surface area contributed by atoms with Crippen molar-refractivity contribution in [2.75, 3.05) is 5.32 Å². The molecule has 0 aliphatic carbocycles. The predicted molar refractivity (Wildman–Crippen MR) is 90.9 cm³/mol. The number of nitrogens with one attached hydrogen (secondary N) is 1. The summed E-state index contributed by atoms with van der Waals surface area (Å²) in [7, 11) is 0. The molecule has 0 radical (unpaired) electrons. The molecule has 0 bridgehead atoms. The number of amides is 1. The number of carbonyl (C=O) groups excluding carboxylic acids is 1. The van der Waals surface area contributed by atoms with E-state index in [1.807, 2.05) is 54.6 Å². The van der Waals surface area contributed by atoms with Gasteiger partial charge in [0, 0.05) is 24.4 Å². The first-order valence-electron chi connectivity index (χ1n) is 7.51. The van der Waals surface area contributed by atoms with Gasteiger partial charge in [0.15, 0.2) is 0 Å². The molecule has 3 rings (SSSR count). The van der Waals surface area contributed by atoms with Gasteiger partial charge < -0.3 is 5.32 Å². The third-order valence-electron chi connectivity index (χ3n) is 3.51. The molecule has 23 heavy (non-hydrogen) atoms.